The van der Waals surface area contributed by atoms with E-state index in [2.05, 4.69) is 5.32 Å². The summed E-state index contributed by atoms with van der Waals surface area (Å²) in [6.45, 7) is 0.0906. The van der Waals surface area contributed by atoms with Crippen molar-refractivity contribution in [2.75, 3.05) is 13.7 Å². The summed E-state index contributed by atoms with van der Waals surface area (Å²) in [7, 11) is 1.47. The Bertz CT molecular complexity index is 403. The SMILES string of the molecule is COc1ccsc1C(=O)NCCC(O)C(=O)O. The van der Waals surface area contributed by atoms with Crippen LogP contribution in [0.2, 0.25) is 0 Å². The molecule has 0 spiro atoms. The summed E-state index contributed by atoms with van der Waals surface area (Å²) in [5, 5.41) is 21.7. The van der Waals surface area contributed by atoms with Crippen LogP contribution in [-0.4, -0.2) is 41.8 Å². The molecule has 17 heavy (non-hydrogen) atoms. The van der Waals surface area contributed by atoms with Gasteiger partial charge in [0.15, 0.2) is 6.10 Å². The van der Waals surface area contributed by atoms with Crippen LogP contribution < -0.4 is 10.1 Å². The van der Waals surface area contributed by atoms with Gasteiger partial charge in [-0.1, -0.05) is 0 Å². The third-order valence-corrected chi connectivity index (χ3v) is 2.94. The molecule has 7 heteroatoms. The van der Waals surface area contributed by atoms with Crippen LogP contribution in [0.5, 0.6) is 5.75 Å². The predicted octanol–water partition coefficient (Wildman–Crippen LogP) is 0.322. The van der Waals surface area contributed by atoms with Gasteiger partial charge in [-0.3, -0.25) is 4.79 Å². The lowest BCUT2D eigenvalue weighted by molar-refractivity contribution is -0.146. The quantitative estimate of drug-likeness (QED) is 0.684. The molecule has 0 fully saturated rings. The Morgan fingerprint density at radius 3 is 2.88 bits per heavy atom. The molecule has 1 atom stereocenters. The first-order chi connectivity index (χ1) is 8.06. The largest absolute Gasteiger partial charge is 0.495 e. The summed E-state index contributed by atoms with van der Waals surface area (Å²) in [4.78, 5) is 22.4. The van der Waals surface area contributed by atoms with E-state index in [0.717, 1.165) is 0 Å². The van der Waals surface area contributed by atoms with E-state index in [4.69, 9.17) is 14.9 Å². The molecular formula is C10H13NO5S. The van der Waals surface area contributed by atoms with Crippen LogP contribution in [0.4, 0.5) is 0 Å². The van der Waals surface area contributed by atoms with Crippen LogP contribution in [0.3, 0.4) is 0 Å². The van der Waals surface area contributed by atoms with Crippen LogP contribution >= 0.6 is 11.3 Å². The van der Waals surface area contributed by atoms with E-state index in [-0.39, 0.29) is 18.9 Å². The standard InChI is InChI=1S/C10H13NO5S/c1-16-7-3-5-17-8(7)9(13)11-4-2-6(12)10(14)15/h3,5-6,12H,2,4H2,1H3,(H,11,13)(H,14,15). The number of ether oxygens (including phenoxy) is 1. The maximum absolute atomic E-state index is 11.6. The number of aliphatic hydroxyl groups excluding tert-OH is 1. The maximum atomic E-state index is 11.6. The van der Waals surface area contributed by atoms with E-state index in [1.807, 2.05) is 0 Å². The lowest BCUT2D eigenvalue weighted by Crippen LogP contribution is -2.29. The van der Waals surface area contributed by atoms with Crippen LogP contribution in [-0.2, 0) is 4.79 Å². The lowest BCUT2D eigenvalue weighted by atomic mass is 10.2. The van der Waals surface area contributed by atoms with E-state index in [1.54, 1.807) is 11.4 Å². The van der Waals surface area contributed by atoms with Crippen molar-refractivity contribution >= 4 is 23.2 Å². The van der Waals surface area contributed by atoms with Gasteiger partial charge in [-0.2, -0.15) is 0 Å². The van der Waals surface area contributed by atoms with Gasteiger partial charge in [-0.25, -0.2) is 4.79 Å². The minimum atomic E-state index is -1.46. The molecule has 1 aromatic heterocycles. The molecule has 1 amide bonds. The molecule has 1 heterocycles. The number of carboxylic acids is 1. The van der Waals surface area contributed by atoms with Crippen molar-refractivity contribution in [2.24, 2.45) is 0 Å². The number of hydrogen-bond acceptors (Lipinski definition) is 5. The van der Waals surface area contributed by atoms with Crippen molar-refractivity contribution in [2.45, 2.75) is 12.5 Å². The zero-order valence-electron chi connectivity index (χ0n) is 9.17. The second-order valence-corrected chi connectivity index (χ2v) is 4.13. The molecule has 0 aliphatic heterocycles. The van der Waals surface area contributed by atoms with E-state index in [0.29, 0.717) is 10.6 Å². The lowest BCUT2D eigenvalue weighted by Gasteiger charge is -2.07. The summed E-state index contributed by atoms with van der Waals surface area (Å²) >= 11 is 1.23. The molecule has 1 aromatic rings. The molecular weight excluding hydrogens is 246 g/mol. The van der Waals surface area contributed by atoms with Gasteiger partial charge in [-0.15, -0.1) is 11.3 Å². The first-order valence-corrected chi connectivity index (χ1v) is 5.74. The van der Waals surface area contributed by atoms with Gasteiger partial charge in [0.05, 0.1) is 7.11 Å². The van der Waals surface area contributed by atoms with Crippen molar-refractivity contribution in [3.8, 4) is 5.75 Å². The molecule has 3 N–H and O–H groups in total. The maximum Gasteiger partial charge on any atom is 0.332 e. The van der Waals surface area contributed by atoms with Gasteiger partial charge in [0.25, 0.3) is 5.91 Å². The minimum Gasteiger partial charge on any atom is -0.495 e. The number of carboxylic acid groups (broad SMARTS) is 1. The van der Waals surface area contributed by atoms with Gasteiger partial charge in [-0.05, 0) is 11.4 Å². The van der Waals surface area contributed by atoms with Crippen molar-refractivity contribution in [3.05, 3.63) is 16.3 Å². The van der Waals surface area contributed by atoms with Gasteiger partial charge >= 0.3 is 5.97 Å². The summed E-state index contributed by atoms with van der Waals surface area (Å²) in [6, 6.07) is 1.67. The monoisotopic (exact) mass is 259 g/mol. The van der Waals surface area contributed by atoms with Crippen LogP contribution in [0.1, 0.15) is 16.1 Å². The van der Waals surface area contributed by atoms with Crippen molar-refractivity contribution in [3.63, 3.8) is 0 Å². The summed E-state index contributed by atoms with van der Waals surface area (Å²) in [6.07, 6.45) is -1.49. The number of methoxy groups -OCH3 is 1. The third-order valence-electron chi connectivity index (χ3n) is 2.04. The molecule has 0 saturated heterocycles. The first kappa shape index (κ1) is 13.5. The summed E-state index contributed by atoms with van der Waals surface area (Å²) in [5.74, 6) is -1.16. The average Bonchev–Trinajstić information content (AvgIpc) is 2.76. The summed E-state index contributed by atoms with van der Waals surface area (Å²) < 4.78 is 4.98. The number of amides is 1. The number of aliphatic carboxylic acids is 1. The van der Waals surface area contributed by atoms with E-state index in [1.165, 1.54) is 18.4 Å². The van der Waals surface area contributed by atoms with E-state index < -0.39 is 12.1 Å². The Morgan fingerprint density at radius 2 is 2.29 bits per heavy atom. The molecule has 1 rings (SSSR count). The van der Waals surface area contributed by atoms with Gasteiger partial charge < -0.3 is 20.3 Å². The van der Waals surface area contributed by atoms with Gasteiger partial charge in [0, 0.05) is 13.0 Å². The third kappa shape index (κ3) is 3.72. The van der Waals surface area contributed by atoms with Gasteiger partial charge in [0.2, 0.25) is 0 Å². The number of hydrogen-bond donors (Lipinski definition) is 3. The minimum absolute atomic E-state index is 0.0330. The highest BCUT2D eigenvalue weighted by Gasteiger charge is 2.16. The zero-order chi connectivity index (χ0) is 12.8. The highest BCUT2D eigenvalue weighted by atomic mass is 32.1. The highest BCUT2D eigenvalue weighted by molar-refractivity contribution is 7.12. The molecule has 0 aromatic carbocycles. The molecule has 0 aliphatic carbocycles. The van der Waals surface area contributed by atoms with Gasteiger partial charge in [0.1, 0.15) is 10.6 Å². The highest BCUT2D eigenvalue weighted by Crippen LogP contribution is 2.23. The number of aliphatic hydroxyl groups is 1. The fourth-order valence-electron chi connectivity index (χ4n) is 1.15. The normalized spacial score (nSPS) is 11.9. The Morgan fingerprint density at radius 1 is 1.59 bits per heavy atom. The first-order valence-electron chi connectivity index (χ1n) is 4.86. The fraction of sp³-hybridized carbons (Fsp3) is 0.400. The Balaban J connectivity index is 2.43. The Kier molecular flexibility index (Phi) is 4.92. The fourth-order valence-corrected chi connectivity index (χ4v) is 1.92. The van der Waals surface area contributed by atoms with Crippen molar-refractivity contribution in [1.82, 2.24) is 5.32 Å². The molecule has 0 bridgehead atoms. The zero-order valence-corrected chi connectivity index (χ0v) is 9.99. The molecule has 6 nitrogen and oxygen atoms in total. The van der Waals surface area contributed by atoms with E-state index in [9.17, 15) is 9.59 Å². The molecule has 94 valence electrons. The molecule has 0 saturated carbocycles. The van der Waals surface area contributed by atoms with Crippen molar-refractivity contribution < 1.29 is 24.5 Å². The summed E-state index contributed by atoms with van der Waals surface area (Å²) in [5.41, 5.74) is 0. The van der Waals surface area contributed by atoms with Crippen LogP contribution in [0.25, 0.3) is 0 Å². The second kappa shape index (κ2) is 6.21. The van der Waals surface area contributed by atoms with E-state index >= 15 is 0 Å². The number of thiophene rings is 1. The molecule has 0 aliphatic rings. The van der Waals surface area contributed by atoms with Crippen LogP contribution in [0.15, 0.2) is 11.4 Å². The number of rotatable bonds is 6. The van der Waals surface area contributed by atoms with Crippen molar-refractivity contribution in [1.29, 1.82) is 0 Å². The number of carbonyl (C=O) groups excluding carboxylic acids is 1. The van der Waals surface area contributed by atoms with Crippen LogP contribution in [0, 0.1) is 0 Å². The second-order valence-electron chi connectivity index (χ2n) is 3.22. The molecule has 1 unspecified atom stereocenters. The average molecular weight is 259 g/mol. The topological polar surface area (TPSA) is 95.9 Å². The predicted molar refractivity (Wildman–Crippen MR) is 61.5 cm³/mol. The molecule has 0 radical (unpaired) electrons. The smallest absolute Gasteiger partial charge is 0.332 e. The number of carbonyl (C=O) groups is 2. The number of nitrogens with one attached hydrogen (secondary N) is 1. The Labute approximate surface area is 102 Å². The Hall–Kier alpha value is -1.60.